The Morgan fingerprint density at radius 3 is 2.32 bits per heavy atom. The number of ether oxygens (including phenoxy) is 3. The van der Waals surface area contributed by atoms with Crippen LogP contribution in [-0.2, 0) is 0 Å². The number of amides is 2. The molecule has 28 heavy (non-hydrogen) atoms. The van der Waals surface area contributed by atoms with E-state index in [1.54, 1.807) is 50.7 Å². The van der Waals surface area contributed by atoms with Crippen LogP contribution in [0.2, 0.25) is 5.02 Å². The van der Waals surface area contributed by atoms with Gasteiger partial charge in [0.1, 0.15) is 17.6 Å². The zero-order valence-corrected chi connectivity index (χ0v) is 16.7. The second-order valence-electron chi connectivity index (χ2n) is 6.61. The summed E-state index contributed by atoms with van der Waals surface area (Å²) < 4.78 is 16.3. The number of pyridine rings is 1. The van der Waals surface area contributed by atoms with Crippen LogP contribution in [0.15, 0.2) is 36.5 Å². The molecule has 0 saturated heterocycles. The molecule has 0 atom stereocenters. The second-order valence-corrected chi connectivity index (χ2v) is 7.04. The number of urea groups is 1. The van der Waals surface area contributed by atoms with Crippen molar-refractivity contribution in [2.75, 3.05) is 19.5 Å². The summed E-state index contributed by atoms with van der Waals surface area (Å²) in [5.74, 6) is 1.80. The molecule has 1 heterocycles. The molecule has 0 aliphatic heterocycles. The molecule has 1 aliphatic rings. The van der Waals surface area contributed by atoms with Gasteiger partial charge in [0.2, 0.25) is 5.88 Å². The number of anilines is 1. The number of hydrogen-bond donors (Lipinski definition) is 2. The van der Waals surface area contributed by atoms with Crippen LogP contribution in [0.5, 0.6) is 17.4 Å². The van der Waals surface area contributed by atoms with Crippen molar-refractivity contribution in [2.45, 2.75) is 37.8 Å². The number of rotatable bonds is 6. The zero-order chi connectivity index (χ0) is 19.9. The highest BCUT2D eigenvalue weighted by molar-refractivity contribution is 6.30. The summed E-state index contributed by atoms with van der Waals surface area (Å²) in [6.07, 6.45) is 5.05. The van der Waals surface area contributed by atoms with E-state index in [1.807, 2.05) is 0 Å². The summed E-state index contributed by atoms with van der Waals surface area (Å²) in [5, 5.41) is 6.43. The van der Waals surface area contributed by atoms with E-state index in [-0.39, 0.29) is 18.2 Å². The van der Waals surface area contributed by atoms with Gasteiger partial charge in [0.25, 0.3) is 0 Å². The van der Waals surface area contributed by atoms with Crippen LogP contribution < -0.4 is 24.8 Å². The third kappa shape index (κ3) is 5.66. The highest BCUT2D eigenvalue weighted by Crippen LogP contribution is 2.26. The molecule has 1 aromatic carbocycles. The van der Waals surface area contributed by atoms with E-state index in [2.05, 4.69) is 15.6 Å². The quantitative estimate of drug-likeness (QED) is 0.750. The number of nitrogens with one attached hydrogen (secondary N) is 2. The summed E-state index contributed by atoms with van der Waals surface area (Å²) in [4.78, 5) is 16.5. The lowest BCUT2D eigenvalue weighted by Crippen LogP contribution is -2.41. The topological polar surface area (TPSA) is 81.7 Å². The van der Waals surface area contributed by atoms with E-state index in [0.29, 0.717) is 28.1 Å². The maximum absolute atomic E-state index is 12.3. The van der Waals surface area contributed by atoms with Gasteiger partial charge in [-0.25, -0.2) is 9.78 Å². The SMILES string of the molecule is COc1cc(NC(=O)NC2CCC(Oc3ccc(Cl)cn3)CC2)cc(OC)c1. The summed E-state index contributed by atoms with van der Waals surface area (Å²) in [7, 11) is 3.14. The summed E-state index contributed by atoms with van der Waals surface area (Å²) in [6.45, 7) is 0. The predicted octanol–water partition coefficient (Wildman–Crippen LogP) is 4.26. The molecule has 1 aliphatic carbocycles. The van der Waals surface area contributed by atoms with Gasteiger partial charge in [-0.2, -0.15) is 0 Å². The molecular formula is C20H24ClN3O4. The minimum atomic E-state index is -0.251. The average Bonchev–Trinajstić information content (AvgIpc) is 2.70. The largest absolute Gasteiger partial charge is 0.497 e. The summed E-state index contributed by atoms with van der Waals surface area (Å²) in [5.41, 5.74) is 0.611. The number of benzene rings is 1. The fourth-order valence-corrected chi connectivity index (χ4v) is 3.27. The molecule has 2 N–H and O–H groups in total. The van der Waals surface area contributed by atoms with E-state index in [9.17, 15) is 4.79 Å². The lowest BCUT2D eigenvalue weighted by atomic mass is 9.93. The van der Waals surface area contributed by atoms with Crippen molar-refractivity contribution >= 4 is 23.3 Å². The molecule has 0 bridgehead atoms. The van der Waals surface area contributed by atoms with Gasteiger partial charge in [-0.1, -0.05) is 11.6 Å². The van der Waals surface area contributed by atoms with Crippen LogP contribution >= 0.6 is 11.6 Å². The average molecular weight is 406 g/mol. The molecular weight excluding hydrogens is 382 g/mol. The second kappa shape index (κ2) is 9.50. The Kier molecular flexibility index (Phi) is 6.81. The van der Waals surface area contributed by atoms with Crippen LogP contribution in [0, 0.1) is 0 Å². The van der Waals surface area contributed by atoms with Gasteiger partial charge in [-0.15, -0.1) is 0 Å². The van der Waals surface area contributed by atoms with Crippen LogP contribution in [0.25, 0.3) is 0 Å². The van der Waals surface area contributed by atoms with Gasteiger partial charge in [-0.05, 0) is 31.7 Å². The normalized spacial score (nSPS) is 18.8. The maximum Gasteiger partial charge on any atom is 0.319 e. The molecule has 1 fully saturated rings. The zero-order valence-electron chi connectivity index (χ0n) is 15.9. The standard InChI is InChI=1S/C20H24ClN3O4/c1-26-17-9-15(10-18(11-17)27-2)24-20(25)23-14-4-6-16(7-5-14)28-19-8-3-13(21)12-22-19/h3,8-12,14,16H,4-7H2,1-2H3,(H2,23,24,25). The first-order chi connectivity index (χ1) is 13.6. The Bertz CT molecular complexity index is 770. The first kappa shape index (κ1) is 20.1. The maximum atomic E-state index is 12.3. The first-order valence-corrected chi connectivity index (χ1v) is 9.52. The van der Waals surface area contributed by atoms with Gasteiger partial charge in [0.05, 0.1) is 19.2 Å². The third-order valence-electron chi connectivity index (χ3n) is 4.61. The molecule has 3 rings (SSSR count). The number of methoxy groups -OCH3 is 2. The minimum absolute atomic E-state index is 0.0948. The molecule has 2 aromatic rings. The van der Waals surface area contributed by atoms with E-state index in [0.717, 1.165) is 25.7 Å². The number of hydrogen-bond acceptors (Lipinski definition) is 5. The van der Waals surface area contributed by atoms with Crippen molar-refractivity contribution in [2.24, 2.45) is 0 Å². The van der Waals surface area contributed by atoms with Crippen LogP contribution in [0.4, 0.5) is 10.5 Å². The van der Waals surface area contributed by atoms with E-state index < -0.39 is 0 Å². The van der Waals surface area contributed by atoms with Crippen LogP contribution in [0.3, 0.4) is 0 Å². The monoisotopic (exact) mass is 405 g/mol. The fourth-order valence-electron chi connectivity index (χ4n) is 3.16. The van der Waals surface area contributed by atoms with Crippen molar-refractivity contribution < 1.29 is 19.0 Å². The number of carbonyl (C=O) groups excluding carboxylic acids is 1. The predicted molar refractivity (Wildman–Crippen MR) is 108 cm³/mol. The molecule has 0 radical (unpaired) electrons. The fraction of sp³-hybridized carbons (Fsp3) is 0.400. The van der Waals surface area contributed by atoms with Crippen molar-refractivity contribution in [1.29, 1.82) is 0 Å². The lowest BCUT2D eigenvalue weighted by molar-refractivity contribution is 0.135. The Morgan fingerprint density at radius 1 is 1.07 bits per heavy atom. The molecule has 0 spiro atoms. The molecule has 2 amide bonds. The molecule has 0 unspecified atom stereocenters. The van der Waals surface area contributed by atoms with E-state index in [4.69, 9.17) is 25.8 Å². The third-order valence-corrected chi connectivity index (χ3v) is 4.83. The highest BCUT2D eigenvalue weighted by atomic mass is 35.5. The van der Waals surface area contributed by atoms with Crippen LogP contribution in [0.1, 0.15) is 25.7 Å². The molecule has 7 nitrogen and oxygen atoms in total. The number of halogens is 1. The van der Waals surface area contributed by atoms with Crippen LogP contribution in [-0.4, -0.2) is 37.4 Å². The molecule has 150 valence electrons. The van der Waals surface area contributed by atoms with Crippen molar-refractivity contribution in [3.63, 3.8) is 0 Å². The van der Waals surface area contributed by atoms with Gasteiger partial charge in [-0.3, -0.25) is 0 Å². The number of carbonyl (C=O) groups is 1. The Morgan fingerprint density at radius 2 is 1.75 bits per heavy atom. The van der Waals surface area contributed by atoms with Gasteiger partial charge in [0, 0.05) is 42.2 Å². The Hall–Kier alpha value is -2.67. The van der Waals surface area contributed by atoms with E-state index >= 15 is 0 Å². The molecule has 1 aromatic heterocycles. The first-order valence-electron chi connectivity index (χ1n) is 9.14. The summed E-state index contributed by atoms with van der Waals surface area (Å²) in [6, 6.07) is 8.61. The molecule has 8 heteroatoms. The highest BCUT2D eigenvalue weighted by Gasteiger charge is 2.24. The van der Waals surface area contributed by atoms with Gasteiger partial charge >= 0.3 is 6.03 Å². The Labute approximate surface area is 169 Å². The van der Waals surface area contributed by atoms with Crippen molar-refractivity contribution in [3.05, 3.63) is 41.6 Å². The smallest absolute Gasteiger partial charge is 0.319 e. The summed E-state index contributed by atoms with van der Waals surface area (Å²) >= 11 is 5.84. The van der Waals surface area contributed by atoms with E-state index in [1.165, 1.54) is 0 Å². The molecule has 1 saturated carbocycles. The van der Waals surface area contributed by atoms with Crippen molar-refractivity contribution in [3.8, 4) is 17.4 Å². The minimum Gasteiger partial charge on any atom is -0.497 e. The van der Waals surface area contributed by atoms with Gasteiger partial charge in [0.15, 0.2) is 0 Å². The Balaban J connectivity index is 1.46. The number of nitrogens with zero attached hydrogens (tertiary/aromatic N) is 1. The lowest BCUT2D eigenvalue weighted by Gasteiger charge is -2.29. The van der Waals surface area contributed by atoms with Gasteiger partial charge < -0.3 is 24.8 Å². The van der Waals surface area contributed by atoms with Crippen molar-refractivity contribution in [1.82, 2.24) is 10.3 Å². The number of aromatic nitrogens is 1.